The molecule has 1 aromatic carbocycles. The first-order chi connectivity index (χ1) is 8.72. The minimum absolute atomic E-state index is 0.326. The van der Waals surface area contributed by atoms with Gasteiger partial charge >= 0.3 is 0 Å². The molecule has 0 aliphatic carbocycles. The van der Waals surface area contributed by atoms with Gasteiger partial charge in [0, 0.05) is 12.2 Å². The van der Waals surface area contributed by atoms with Gasteiger partial charge in [0.15, 0.2) is 0 Å². The van der Waals surface area contributed by atoms with Gasteiger partial charge in [-0.2, -0.15) is 5.26 Å². The monoisotopic (exact) mass is 238 g/mol. The maximum Gasteiger partial charge on any atom is 0.258 e. The van der Waals surface area contributed by atoms with E-state index in [9.17, 15) is 9.59 Å². The molecular weight excluding hydrogens is 228 g/mol. The van der Waals surface area contributed by atoms with Crippen molar-refractivity contribution >= 4 is 23.6 Å². The second-order valence-electron chi connectivity index (χ2n) is 3.70. The minimum Gasteiger partial charge on any atom is -0.269 e. The summed E-state index contributed by atoms with van der Waals surface area (Å²) in [4.78, 5) is 24.0. The van der Waals surface area contributed by atoms with Crippen LogP contribution in [0.2, 0.25) is 0 Å². The zero-order chi connectivity index (χ0) is 13.0. The smallest absolute Gasteiger partial charge is 0.258 e. The van der Waals surface area contributed by atoms with Crippen molar-refractivity contribution in [3.05, 3.63) is 48.1 Å². The van der Waals surface area contributed by atoms with Gasteiger partial charge in [0.25, 0.3) is 11.8 Å². The van der Waals surface area contributed by atoms with E-state index in [4.69, 9.17) is 5.26 Å². The molecule has 4 nitrogen and oxygen atoms in total. The lowest BCUT2D eigenvalue weighted by Gasteiger charge is -2.13. The molecule has 0 radical (unpaired) electrons. The predicted octanol–water partition coefficient (Wildman–Crippen LogP) is 2.04. The van der Waals surface area contributed by atoms with E-state index >= 15 is 0 Å². The molecule has 0 spiro atoms. The molecule has 1 heterocycles. The van der Waals surface area contributed by atoms with Crippen LogP contribution in [0, 0.1) is 11.3 Å². The Hall–Kier alpha value is -2.67. The standard InChI is InChI=1S/C14H10N2O2/c15-10-2-1-3-11-4-6-12(7-5-11)16-13(17)8-9-14(16)18/h1,3-9H,2H2. The number of carbonyl (C=O) groups is 2. The molecule has 18 heavy (non-hydrogen) atoms. The third-order valence-electron chi connectivity index (χ3n) is 2.48. The van der Waals surface area contributed by atoms with Gasteiger partial charge in [0.2, 0.25) is 0 Å². The van der Waals surface area contributed by atoms with Crippen molar-refractivity contribution < 1.29 is 9.59 Å². The topological polar surface area (TPSA) is 61.2 Å². The number of nitriles is 1. The highest BCUT2D eigenvalue weighted by molar-refractivity contribution is 6.28. The van der Waals surface area contributed by atoms with Crippen LogP contribution in [0.5, 0.6) is 0 Å². The van der Waals surface area contributed by atoms with Gasteiger partial charge in [-0.25, -0.2) is 4.90 Å². The van der Waals surface area contributed by atoms with Crippen molar-refractivity contribution in [2.24, 2.45) is 0 Å². The summed E-state index contributed by atoms with van der Waals surface area (Å²) in [5, 5.41) is 8.40. The molecule has 0 aromatic heterocycles. The van der Waals surface area contributed by atoms with E-state index in [0.717, 1.165) is 10.5 Å². The third kappa shape index (κ3) is 2.36. The minimum atomic E-state index is -0.326. The van der Waals surface area contributed by atoms with Crippen LogP contribution in [0.15, 0.2) is 42.5 Å². The molecule has 4 heteroatoms. The first-order valence-corrected chi connectivity index (χ1v) is 5.42. The molecule has 1 aliphatic heterocycles. The van der Waals surface area contributed by atoms with Gasteiger partial charge in [0.1, 0.15) is 0 Å². The Labute approximate surface area is 104 Å². The highest BCUT2D eigenvalue weighted by Gasteiger charge is 2.24. The number of nitrogens with zero attached hydrogens (tertiary/aromatic N) is 2. The normalized spacial score (nSPS) is 14.5. The van der Waals surface area contributed by atoms with Gasteiger partial charge < -0.3 is 0 Å². The van der Waals surface area contributed by atoms with Crippen molar-refractivity contribution in [3.63, 3.8) is 0 Å². The van der Waals surface area contributed by atoms with Crippen LogP contribution in [-0.2, 0) is 9.59 Å². The van der Waals surface area contributed by atoms with E-state index in [0.29, 0.717) is 12.1 Å². The molecule has 0 bridgehead atoms. The summed E-state index contributed by atoms with van der Waals surface area (Å²) >= 11 is 0. The van der Waals surface area contributed by atoms with E-state index in [1.807, 2.05) is 12.1 Å². The van der Waals surface area contributed by atoms with Gasteiger partial charge in [0.05, 0.1) is 18.2 Å². The maximum atomic E-state index is 11.4. The highest BCUT2D eigenvalue weighted by Crippen LogP contribution is 2.19. The molecular formula is C14H10N2O2. The summed E-state index contributed by atoms with van der Waals surface area (Å²) in [6.45, 7) is 0. The van der Waals surface area contributed by atoms with E-state index in [1.165, 1.54) is 12.2 Å². The quantitative estimate of drug-likeness (QED) is 0.757. The van der Waals surface area contributed by atoms with E-state index in [2.05, 4.69) is 0 Å². The van der Waals surface area contributed by atoms with Crippen LogP contribution in [0.1, 0.15) is 12.0 Å². The molecule has 2 rings (SSSR count). The predicted molar refractivity (Wildman–Crippen MR) is 67.3 cm³/mol. The average molecular weight is 238 g/mol. The third-order valence-corrected chi connectivity index (χ3v) is 2.48. The van der Waals surface area contributed by atoms with Crippen molar-refractivity contribution in [3.8, 4) is 6.07 Å². The Morgan fingerprint density at radius 3 is 2.28 bits per heavy atom. The number of benzene rings is 1. The van der Waals surface area contributed by atoms with Crippen molar-refractivity contribution in [1.82, 2.24) is 0 Å². The molecule has 0 unspecified atom stereocenters. The summed E-state index contributed by atoms with van der Waals surface area (Å²) in [6.07, 6.45) is 6.43. The number of amides is 2. The van der Waals surface area contributed by atoms with Crippen LogP contribution in [0.3, 0.4) is 0 Å². The van der Waals surface area contributed by atoms with Crippen LogP contribution in [0.25, 0.3) is 6.08 Å². The number of hydrogen-bond donors (Lipinski definition) is 0. The molecule has 0 saturated heterocycles. The molecule has 0 fully saturated rings. The second-order valence-corrected chi connectivity index (χ2v) is 3.70. The van der Waals surface area contributed by atoms with Crippen LogP contribution in [0.4, 0.5) is 5.69 Å². The first-order valence-electron chi connectivity index (χ1n) is 5.42. The van der Waals surface area contributed by atoms with E-state index in [-0.39, 0.29) is 11.8 Å². The zero-order valence-corrected chi connectivity index (χ0v) is 9.54. The highest BCUT2D eigenvalue weighted by atomic mass is 16.2. The Morgan fingerprint density at radius 2 is 1.72 bits per heavy atom. The largest absolute Gasteiger partial charge is 0.269 e. The number of rotatable bonds is 3. The van der Waals surface area contributed by atoms with Gasteiger partial charge in [-0.15, -0.1) is 0 Å². The summed E-state index contributed by atoms with van der Waals surface area (Å²) in [5.74, 6) is -0.652. The van der Waals surface area contributed by atoms with Gasteiger partial charge in [-0.05, 0) is 17.7 Å². The molecule has 0 atom stereocenters. The lowest BCUT2D eigenvalue weighted by atomic mass is 10.1. The van der Waals surface area contributed by atoms with E-state index in [1.54, 1.807) is 30.3 Å². The summed E-state index contributed by atoms with van der Waals surface area (Å²) < 4.78 is 0. The van der Waals surface area contributed by atoms with E-state index < -0.39 is 0 Å². The summed E-state index contributed by atoms with van der Waals surface area (Å²) in [6, 6.07) is 9.01. The number of carbonyl (C=O) groups excluding carboxylic acids is 2. The fourth-order valence-corrected chi connectivity index (χ4v) is 1.64. The zero-order valence-electron chi connectivity index (χ0n) is 9.54. The fraction of sp³-hybridized carbons (Fsp3) is 0.0714. The van der Waals surface area contributed by atoms with Crippen LogP contribution >= 0.6 is 0 Å². The Balaban J connectivity index is 2.16. The SMILES string of the molecule is N#CCC=Cc1ccc(N2C(=O)C=CC2=O)cc1. The molecule has 1 aromatic rings. The average Bonchev–Trinajstić information content (AvgIpc) is 2.71. The summed E-state index contributed by atoms with van der Waals surface area (Å²) in [7, 11) is 0. The second kappa shape index (κ2) is 5.11. The van der Waals surface area contributed by atoms with Crippen molar-refractivity contribution in [1.29, 1.82) is 5.26 Å². The van der Waals surface area contributed by atoms with Crippen molar-refractivity contribution in [2.45, 2.75) is 6.42 Å². The Kier molecular flexibility index (Phi) is 3.35. The molecule has 88 valence electrons. The number of allylic oxidation sites excluding steroid dienone is 1. The lowest BCUT2D eigenvalue weighted by Crippen LogP contribution is -2.29. The number of anilines is 1. The Morgan fingerprint density at radius 1 is 1.11 bits per heavy atom. The van der Waals surface area contributed by atoms with Gasteiger partial charge in [-0.1, -0.05) is 24.3 Å². The maximum absolute atomic E-state index is 11.4. The molecule has 0 N–H and O–H groups in total. The van der Waals surface area contributed by atoms with Crippen LogP contribution < -0.4 is 4.90 Å². The molecule has 1 aliphatic rings. The molecule has 2 amide bonds. The lowest BCUT2D eigenvalue weighted by molar-refractivity contribution is -0.119. The number of hydrogen-bond acceptors (Lipinski definition) is 3. The van der Waals surface area contributed by atoms with Crippen molar-refractivity contribution in [2.75, 3.05) is 4.90 Å². The van der Waals surface area contributed by atoms with Gasteiger partial charge in [-0.3, -0.25) is 9.59 Å². The fourth-order valence-electron chi connectivity index (χ4n) is 1.64. The number of imide groups is 1. The Bertz CT molecular complexity index is 559. The first kappa shape index (κ1) is 11.8. The van der Waals surface area contributed by atoms with Crippen LogP contribution in [-0.4, -0.2) is 11.8 Å². The molecule has 0 saturated carbocycles. The summed E-state index contributed by atoms with van der Waals surface area (Å²) in [5.41, 5.74) is 1.47.